The Kier molecular flexibility index (Phi) is 3.51. The van der Waals surface area contributed by atoms with E-state index < -0.39 is 0 Å². The summed E-state index contributed by atoms with van der Waals surface area (Å²) < 4.78 is 0. The van der Waals surface area contributed by atoms with Crippen LogP contribution in [-0.4, -0.2) is 48.0 Å². The van der Waals surface area contributed by atoms with Crippen molar-refractivity contribution in [1.29, 1.82) is 0 Å². The topological polar surface area (TPSA) is 6.48 Å². The van der Waals surface area contributed by atoms with Gasteiger partial charge in [-0.2, -0.15) is 0 Å². The average Bonchev–Trinajstić information content (AvgIpc) is 2.06. The highest BCUT2D eigenvalue weighted by molar-refractivity contribution is 7.80. The van der Waals surface area contributed by atoms with Crippen molar-refractivity contribution in [2.45, 2.75) is 6.42 Å². The zero-order chi connectivity index (χ0) is 8.97. The first-order valence-corrected chi connectivity index (χ1v) is 4.54. The largest absolute Gasteiger partial charge is 0.363 e. The highest BCUT2D eigenvalue weighted by atomic mass is 32.1. The normalized spacial score (nSPS) is 18.8. The maximum Gasteiger partial charge on any atom is 0.0900 e. The first-order chi connectivity index (χ1) is 5.74. The van der Waals surface area contributed by atoms with Gasteiger partial charge in [-0.05, 0) is 7.05 Å². The summed E-state index contributed by atoms with van der Waals surface area (Å²) in [6.45, 7) is 4.23. The molecule has 2 nitrogen and oxygen atoms in total. The minimum atomic E-state index is 0.610. The average molecular weight is 182 g/mol. The molecule has 12 heavy (non-hydrogen) atoms. The molecule has 0 spiro atoms. The molecule has 0 aromatic carbocycles. The van der Waals surface area contributed by atoms with Crippen molar-refractivity contribution < 1.29 is 0 Å². The van der Waals surface area contributed by atoms with E-state index in [0.717, 1.165) is 31.2 Å². The lowest BCUT2D eigenvalue weighted by Gasteiger charge is -2.33. The minimum absolute atomic E-state index is 0.610. The molecule has 0 radical (unpaired) electrons. The number of rotatable bonds is 1. The number of terminal acetylenes is 1. The van der Waals surface area contributed by atoms with Gasteiger partial charge in [0.25, 0.3) is 0 Å². The second-order valence-electron chi connectivity index (χ2n) is 3.06. The third kappa shape index (κ3) is 2.47. The van der Waals surface area contributed by atoms with Crippen molar-refractivity contribution in [1.82, 2.24) is 9.80 Å². The van der Waals surface area contributed by atoms with Crippen LogP contribution in [0.3, 0.4) is 0 Å². The molecule has 1 aliphatic heterocycles. The molecule has 0 N–H and O–H groups in total. The second-order valence-corrected chi connectivity index (χ2v) is 3.54. The van der Waals surface area contributed by atoms with Crippen LogP contribution in [0.4, 0.5) is 0 Å². The van der Waals surface area contributed by atoms with Gasteiger partial charge in [0.2, 0.25) is 0 Å². The lowest BCUT2D eigenvalue weighted by Crippen LogP contribution is -2.46. The minimum Gasteiger partial charge on any atom is -0.363 e. The lowest BCUT2D eigenvalue weighted by atomic mass is 10.3. The Bertz CT molecular complexity index is 199. The number of piperazine rings is 1. The van der Waals surface area contributed by atoms with Crippen LogP contribution < -0.4 is 0 Å². The lowest BCUT2D eigenvalue weighted by molar-refractivity contribution is 0.216. The van der Waals surface area contributed by atoms with Gasteiger partial charge < -0.3 is 9.80 Å². The summed E-state index contributed by atoms with van der Waals surface area (Å²) >= 11 is 5.18. The van der Waals surface area contributed by atoms with Gasteiger partial charge in [-0.1, -0.05) is 18.1 Å². The van der Waals surface area contributed by atoms with Gasteiger partial charge in [0.1, 0.15) is 0 Å². The van der Waals surface area contributed by atoms with E-state index in [4.69, 9.17) is 18.6 Å². The maximum atomic E-state index is 5.19. The summed E-state index contributed by atoms with van der Waals surface area (Å²) in [4.78, 5) is 5.43. The molecule has 1 rings (SSSR count). The molecule has 0 bridgehead atoms. The van der Waals surface area contributed by atoms with Crippen LogP contribution in [0.2, 0.25) is 0 Å². The van der Waals surface area contributed by atoms with Gasteiger partial charge in [0.05, 0.1) is 11.4 Å². The van der Waals surface area contributed by atoms with Crippen LogP contribution in [-0.2, 0) is 0 Å². The van der Waals surface area contributed by atoms with Gasteiger partial charge in [0.15, 0.2) is 0 Å². The molecule has 66 valence electrons. The molecular formula is C9H14N2S. The molecule has 0 aromatic rings. The van der Waals surface area contributed by atoms with E-state index in [1.54, 1.807) is 0 Å². The van der Waals surface area contributed by atoms with Crippen LogP contribution >= 0.6 is 12.2 Å². The van der Waals surface area contributed by atoms with E-state index in [-0.39, 0.29) is 0 Å². The second kappa shape index (κ2) is 4.44. The third-order valence-corrected chi connectivity index (χ3v) is 2.51. The quantitative estimate of drug-likeness (QED) is 0.433. The highest BCUT2D eigenvalue weighted by Gasteiger charge is 2.14. The Morgan fingerprint density at radius 1 is 1.42 bits per heavy atom. The summed E-state index contributed by atoms with van der Waals surface area (Å²) in [5.74, 6) is 2.58. The molecule has 0 unspecified atom stereocenters. The SMILES string of the molecule is C#CCC(=S)N1CCN(C)CC1. The predicted octanol–water partition coefficient (Wildman–Crippen LogP) is 0.585. The summed E-state index contributed by atoms with van der Waals surface area (Å²) in [7, 11) is 2.13. The van der Waals surface area contributed by atoms with Crippen molar-refractivity contribution in [3.63, 3.8) is 0 Å². The molecule has 0 saturated carbocycles. The number of hydrogen-bond acceptors (Lipinski definition) is 2. The first kappa shape index (κ1) is 9.50. The highest BCUT2D eigenvalue weighted by Crippen LogP contribution is 2.02. The zero-order valence-corrected chi connectivity index (χ0v) is 8.23. The van der Waals surface area contributed by atoms with Crippen molar-refractivity contribution >= 4 is 17.2 Å². The summed E-state index contributed by atoms with van der Waals surface area (Å²) in [5, 5.41) is 0. The molecule has 0 atom stereocenters. The number of hydrogen-bond donors (Lipinski definition) is 0. The van der Waals surface area contributed by atoms with E-state index in [0.29, 0.717) is 6.42 Å². The van der Waals surface area contributed by atoms with Gasteiger partial charge in [-0.3, -0.25) is 0 Å². The van der Waals surface area contributed by atoms with Crippen molar-refractivity contribution in [3.8, 4) is 12.3 Å². The fourth-order valence-corrected chi connectivity index (χ4v) is 1.52. The molecule has 1 fully saturated rings. The monoisotopic (exact) mass is 182 g/mol. The van der Waals surface area contributed by atoms with Crippen LogP contribution in [0.1, 0.15) is 6.42 Å². The van der Waals surface area contributed by atoms with Crippen molar-refractivity contribution in [2.24, 2.45) is 0 Å². The molecule has 1 aliphatic rings. The molecule has 0 amide bonds. The molecule has 1 saturated heterocycles. The Hall–Kier alpha value is -0.590. The summed E-state index contributed by atoms with van der Waals surface area (Å²) in [5.41, 5.74) is 0. The van der Waals surface area contributed by atoms with E-state index in [9.17, 15) is 0 Å². The Morgan fingerprint density at radius 2 is 2.00 bits per heavy atom. The van der Waals surface area contributed by atoms with Gasteiger partial charge in [0, 0.05) is 26.2 Å². The number of thiocarbonyl (C=S) groups is 1. The van der Waals surface area contributed by atoms with Crippen LogP contribution in [0.15, 0.2) is 0 Å². The molecule has 0 aromatic heterocycles. The van der Waals surface area contributed by atoms with Crippen LogP contribution in [0, 0.1) is 12.3 Å². The first-order valence-electron chi connectivity index (χ1n) is 4.14. The van der Waals surface area contributed by atoms with Crippen molar-refractivity contribution in [2.75, 3.05) is 33.2 Å². The summed E-state index contributed by atoms with van der Waals surface area (Å²) in [6.07, 6.45) is 5.80. The standard InChI is InChI=1S/C9H14N2S/c1-3-4-9(12)11-7-5-10(2)6-8-11/h1H,4-8H2,2H3. The van der Waals surface area contributed by atoms with Gasteiger partial charge in [-0.25, -0.2) is 0 Å². The zero-order valence-electron chi connectivity index (χ0n) is 7.42. The molecule has 3 heteroatoms. The third-order valence-electron chi connectivity index (χ3n) is 2.11. The van der Waals surface area contributed by atoms with E-state index >= 15 is 0 Å². The summed E-state index contributed by atoms with van der Waals surface area (Å²) in [6, 6.07) is 0. The Labute approximate surface area is 79.5 Å². The fraction of sp³-hybridized carbons (Fsp3) is 0.667. The molecule has 0 aliphatic carbocycles. The Balaban J connectivity index is 2.35. The van der Waals surface area contributed by atoms with Crippen LogP contribution in [0.5, 0.6) is 0 Å². The molecular weight excluding hydrogens is 168 g/mol. The van der Waals surface area contributed by atoms with Crippen LogP contribution in [0.25, 0.3) is 0 Å². The van der Waals surface area contributed by atoms with E-state index in [1.165, 1.54) is 0 Å². The van der Waals surface area contributed by atoms with E-state index in [1.807, 2.05) is 0 Å². The Morgan fingerprint density at radius 3 is 2.50 bits per heavy atom. The molecule has 1 heterocycles. The van der Waals surface area contributed by atoms with Gasteiger partial charge in [-0.15, -0.1) is 6.42 Å². The number of likely N-dealkylation sites (N-methyl/N-ethyl adjacent to an activating group) is 1. The van der Waals surface area contributed by atoms with Gasteiger partial charge >= 0.3 is 0 Å². The predicted molar refractivity (Wildman–Crippen MR) is 55.1 cm³/mol. The van der Waals surface area contributed by atoms with E-state index in [2.05, 4.69) is 22.8 Å². The number of nitrogens with zero attached hydrogens (tertiary/aromatic N) is 2. The fourth-order valence-electron chi connectivity index (χ4n) is 1.25. The van der Waals surface area contributed by atoms with Crippen molar-refractivity contribution in [3.05, 3.63) is 0 Å². The maximum absolute atomic E-state index is 5.19. The smallest absolute Gasteiger partial charge is 0.0900 e.